The Morgan fingerprint density at radius 2 is 1.83 bits per heavy atom. The predicted octanol–water partition coefficient (Wildman–Crippen LogP) is 5.05. The Morgan fingerprint density at radius 3 is 2.34 bits per heavy atom. The predicted molar refractivity (Wildman–Crippen MR) is 125 cm³/mol. The number of aliphatic imine (C=N–C) groups is 1. The number of hydrogen-bond acceptors (Lipinski definition) is 3. The lowest BCUT2D eigenvalue weighted by molar-refractivity contribution is -0.122. The Hall–Kier alpha value is -2.36. The van der Waals surface area contributed by atoms with Gasteiger partial charge in [0.2, 0.25) is 5.91 Å². The van der Waals surface area contributed by atoms with E-state index in [9.17, 15) is 4.79 Å². The third-order valence-corrected chi connectivity index (χ3v) is 5.63. The minimum Gasteiger partial charge on any atom is -0.359 e. The van der Waals surface area contributed by atoms with E-state index < -0.39 is 6.04 Å². The zero-order valence-electron chi connectivity index (χ0n) is 18.7. The lowest BCUT2D eigenvalue weighted by atomic mass is 9.87. The molecular formula is C25H37N3O. The van der Waals surface area contributed by atoms with Crippen LogP contribution in [0.5, 0.6) is 0 Å². The fraction of sp³-hybridized carbons (Fsp3) is 0.520. The molecule has 1 N–H and O–H groups in total. The zero-order valence-corrected chi connectivity index (χ0v) is 18.7. The summed E-state index contributed by atoms with van der Waals surface area (Å²) in [6, 6.07) is 8.28. The molecule has 1 aromatic carbocycles. The van der Waals surface area contributed by atoms with Crippen molar-refractivity contribution in [3.05, 3.63) is 54.1 Å². The van der Waals surface area contributed by atoms with E-state index in [1.54, 1.807) is 19.3 Å². The van der Waals surface area contributed by atoms with Crippen molar-refractivity contribution in [3.8, 4) is 0 Å². The summed E-state index contributed by atoms with van der Waals surface area (Å²) in [7, 11) is 3.70. The van der Waals surface area contributed by atoms with Crippen LogP contribution in [0.2, 0.25) is 0 Å². The van der Waals surface area contributed by atoms with Gasteiger partial charge in [-0.1, -0.05) is 70.9 Å². The van der Waals surface area contributed by atoms with Crippen LogP contribution in [0.4, 0.5) is 5.69 Å². The summed E-state index contributed by atoms with van der Waals surface area (Å²) < 4.78 is 0. The first-order chi connectivity index (χ1) is 13.8. The third kappa shape index (κ3) is 6.31. The number of benzene rings is 1. The van der Waals surface area contributed by atoms with Crippen molar-refractivity contribution < 1.29 is 4.79 Å². The molecule has 4 nitrogen and oxygen atoms in total. The Labute approximate surface area is 176 Å². The number of anilines is 1. The zero-order chi connectivity index (χ0) is 21.4. The Balaban J connectivity index is 2.33. The van der Waals surface area contributed by atoms with Gasteiger partial charge in [0.1, 0.15) is 6.04 Å². The summed E-state index contributed by atoms with van der Waals surface area (Å²) in [6.45, 7) is 10.4. The number of nitrogens with zero attached hydrogens (tertiary/aromatic N) is 2. The summed E-state index contributed by atoms with van der Waals surface area (Å²) in [6.07, 6.45) is 11.1. The normalized spacial score (nSPS) is 17.2. The molecular weight excluding hydrogens is 358 g/mol. The molecule has 158 valence electrons. The van der Waals surface area contributed by atoms with Crippen LogP contribution in [-0.4, -0.2) is 38.3 Å². The van der Waals surface area contributed by atoms with Crippen LogP contribution in [0.25, 0.3) is 0 Å². The second-order valence-electron chi connectivity index (χ2n) is 8.94. The van der Waals surface area contributed by atoms with Crippen molar-refractivity contribution in [3.63, 3.8) is 0 Å². The lowest BCUT2D eigenvalue weighted by Crippen LogP contribution is -2.50. The van der Waals surface area contributed by atoms with Crippen molar-refractivity contribution in [2.24, 2.45) is 4.99 Å². The van der Waals surface area contributed by atoms with Gasteiger partial charge >= 0.3 is 0 Å². The molecule has 2 rings (SSSR count). The summed E-state index contributed by atoms with van der Waals surface area (Å²) in [4.78, 5) is 19.6. The third-order valence-electron chi connectivity index (χ3n) is 5.63. The van der Waals surface area contributed by atoms with Crippen molar-refractivity contribution in [2.45, 2.75) is 70.4 Å². The van der Waals surface area contributed by atoms with E-state index in [-0.39, 0.29) is 17.4 Å². The highest BCUT2D eigenvalue weighted by Crippen LogP contribution is 2.26. The smallest absolute Gasteiger partial charge is 0.247 e. The molecule has 0 bridgehead atoms. The molecule has 29 heavy (non-hydrogen) atoms. The number of likely N-dealkylation sites (N-methyl/N-ethyl adjacent to an activating group) is 1. The molecule has 0 radical (unpaired) electrons. The number of amides is 1. The second-order valence-corrected chi connectivity index (χ2v) is 8.94. The lowest BCUT2D eigenvalue weighted by Gasteiger charge is -2.32. The SMILES string of the molecule is C=C/C=C(\C=NC)C(C(=O)NC1CCCCC1)N(C)c1ccc(C(C)(C)C)cc1. The minimum absolute atomic E-state index is 0.0206. The molecule has 0 heterocycles. The summed E-state index contributed by atoms with van der Waals surface area (Å²) >= 11 is 0. The fourth-order valence-corrected chi connectivity index (χ4v) is 3.91. The average molecular weight is 396 g/mol. The first-order valence-corrected chi connectivity index (χ1v) is 10.7. The first-order valence-electron chi connectivity index (χ1n) is 10.7. The quantitative estimate of drug-likeness (QED) is 0.519. The van der Waals surface area contributed by atoms with Crippen molar-refractivity contribution in [2.75, 3.05) is 19.0 Å². The highest BCUT2D eigenvalue weighted by molar-refractivity contribution is 5.97. The van der Waals surface area contributed by atoms with Gasteiger partial charge in [-0.2, -0.15) is 0 Å². The monoisotopic (exact) mass is 395 g/mol. The van der Waals surface area contributed by atoms with E-state index in [4.69, 9.17) is 0 Å². The van der Waals surface area contributed by atoms with Gasteiger partial charge in [0.05, 0.1) is 0 Å². The van der Waals surface area contributed by atoms with Gasteiger partial charge in [0.25, 0.3) is 0 Å². The van der Waals surface area contributed by atoms with Crippen molar-refractivity contribution in [1.82, 2.24) is 5.32 Å². The Morgan fingerprint density at radius 1 is 1.21 bits per heavy atom. The molecule has 0 spiro atoms. The largest absolute Gasteiger partial charge is 0.359 e. The molecule has 1 saturated carbocycles. The summed E-state index contributed by atoms with van der Waals surface area (Å²) in [5.74, 6) is 0.0206. The highest BCUT2D eigenvalue weighted by atomic mass is 16.2. The van der Waals surface area contributed by atoms with Gasteiger partial charge in [-0.05, 0) is 36.0 Å². The van der Waals surface area contributed by atoms with Gasteiger partial charge in [-0.25, -0.2) is 0 Å². The van der Waals surface area contributed by atoms with Crippen LogP contribution < -0.4 is 10.2 Å². The maximum absolute atomic E-state index is 13.4. The van der Waals surface area contributed by atoms with Crippen LogP contribution in [0, 0.1) is 0 Å². The van der Waals surface area contributed by atoms with E-state index in [0.717, 1.165) is 24.1 Å². The number of allylic oxidation sites excluding steroid dienone is 2. The first kappa shape index (κ1) is 22.9. The fourth-order valence-electron chi connectivity index (χ4n) is 3.91. The number of carbonyl (C=O) groups is 1. The highest BCUT2D eigenvalue weighted by Gasteiger charge is 2.29. The van der Waals surface area contributed by atoms with E-state index in [1.807, 2.05) is 18.0 Å². The standard InChI is InChI=1S/C25H37N3O/c1-7-11-19(18-26-5)23(24(29)27-21-12-9-8-10-13-21)28(6)22-16-14-20(15-17-22)25(2,3)4/h7,11,14-18,21,23H,1,8-10,12-13H2,2-6H3,(H,27,29)/b19-11+,26-18?. The van der Waals surface area contributed by atoms with Gasteiger partial charge in [0, 0.05) is 37.6 Å². The number of rotatable bonds is 7. The van der Waals surface area contributed by atoms with Crippen LogP contribution in [-0.2, 0) is 10.2 Å². The molecule has 0 aliphatic heterocycles. The number of hydrogen-bond donors (Lipinski definition) is 1. The molecule has 1 aromatic rings. The van der Waals surface area contributed by atoms with E-state index in [2.05, 4.69) is 61.9 Å². The topological polar surface area (TPSA) is 44.7 Å². The average Bonchev–Trinajstić information content (AvgIpc) is 2.68. The molecule has 1 aliphatic rings. The maximum Gasteiger partial charge on any atom is 0.247 e. The summed E-state index contributed by atoms with van der Waals surface area (Å²) in [5, 5.41) is 3.29. The molecule has 1 atom stereocenters. The van der Waals surface area contributed by atoms with E-state index in [0.29, 0.717) is 0 Å². The van der Waals surface area contributed by atoms with Crippen LogP contribution in [0.3, 0.4) is 0 Å². The minimum atomic E-state index is -0.459. The van der Waals surface area contributed by atoms with Crippen LogP contribution in [0.15, 0.2) is 53.6 Å². The molecule has 1 amide bonds. The molecule has 4 heteroatoms. The second kappa shape index (κ2) is 10.4. The van der Waals surface area contributed by atoms with Crippen molar-refractivity contribution >= 4 is 17.8 Å². The Kier molecular flexibility index (Phi) is 8.24. The van der Waals surface area contributed by atoms with Gasteiger partial charge in [-0.3, -0.25) is 9.79 Å². The summed E-state index contributed by atoms with van der Waals surface area (Å²) in [5.41, 5.74) is 3.20. The molecule has 0 saturated heterocycles. The molecule has 1 fully saturated rings. The van der Waals surface area contributed by atoms with Crippen LogP contribution >= 0.6 is 0 Å². The molecule has 1 unspecified atom stereocenters. The van der Waals surface area contributed by atoms with E-state index >= 15 is 0 Å². The van der Waals surface area contributed by atoms with Crippen LogP contribution in [0.1, 0.15) is 58.4 Å². The number of carbonyl (C=O) groups excluding carboxylic acids is 1. The maximum atomic E-state index is 13.4. The van der Waals surface area contributed by atoms with Crippen molar-refractivity contribution in [1.29, 1.82) is 0 Å². The molecule has 1 aliphatic carbocycles. The Bertz CT molecular complexity index is 734. The van der Waals surface area contributed by atoms with Gasteiger partial charge in [-0.15, -0.1) is 0 Å². The molecule has 0 aromatic heterocycles. The van der Waals surface area contributed by atoms with E-state index in [1.165, 1.54) is 24.8 Å². The number of nitrogens with one attached hydrogen (secondary N) is 1. The van der Waals surface area contributed by atoms with Gasteiger partial charge < -0.3 is 10.2 Å². The van der Waals surface area contributed by atoms with Gasteiger partial charge in [0.15, 0.2) is 0 Å².